The molecule has 1 unspecified atom stereocenters. The van der Waals surface area contributed by atoms with Gasteiger partial charge in [-0.05, 0) is 12.3 Å². The Bertz CT molecular complexity index is 289. The first-order chi connectivity index (χ1) is 9.75. The predicted molar refractivity (Wildman–Crippen MR) is 85.9 cm³/mol. The maximum atomic E-state index is 12.0. The van der Waals surface area contributed by atoms with Gasteiger partial charge in [0.1, 0.15) is 0 Å². The molecule has 2 fully saturated rings. The minimum absolute atomic E-state index is 0.0435. The van der Waals surface area contributed by atoms with Gasteiger partial charge in [0.25, 0.3) is 0 Å². The van der Waals surface area contributed by atoms with Crippen molar-refractivity contribution < 1.29 is 4.79 Å². The van der Waals surface area contributed by atoms with E-state index in [1.54, 1.807) is 0 Å². The van der Waals surface area contributed by atoms with Crippen LogP contribution in [0.5, 0.6) is 0 Å². The molecule has 0 radical (unpaired) electrons. The Morgan fingerprint density at radius 2 is 1.95 bits per heavy atom. The summed E-state index contributed by atoms with van der Waals surface area (Å²) in [5.74, 6) is 3.15. The van der Waals surface area contributed by atoms with Gasteiger partial charge in [-0.2, -0.15) is 11.8 Å². The molecule has 3 N–H and O–H groups in total. The average Bonchev–Trinajstić information content (AvgIpc) is 2.49. The number of thioether (sulfide) groups is 1. The van der Waals surface area contributed by atoms with Crippen molar-refractivity contribution in [2.45, 2.75) is 44.6 Å². The van der Waals surface area contributed by atoms with E-state index in [1.165, 1.54) is 43.6 Å². The number of nitrogens with one attached hydrogen (secondary N) is 1. The normalized spacial score (nSPS) is 23.4. The topological polar surface area (TPSA) is 58.4 Å². The second-order valence-corrected chi connectivity index (χ2v) is 7.32. The molecule has 5 heteroatoms. The summed E-state index contributed by atoms with van der Waals surface area (Å²) in [4.78, 5) is 14.4. The summed E-state index contributed by atoms with van der Waals surface area (Å²) < 4.78 is 0. The van der Waals surface area contributed by atoms with E-state index in [0.29, 0.717) is 5.92 Å². The highest BCUT2D eigenvalue weighted by atomic mass is 32.2. The van der Waals surface area contributed by atoms with Gasteiger partial charge in [-0.15, -0.1) is 0 Å². The fourth-order valence-corrected chi connectivity index (χ4v) is 4.16. The second-order valence-electron chi connectivity index (χ2n) is 6.09. The van der Waals surface area contributed by atoms with Crippen molar-refractivity contribution in [2.75, 3.05) is 37.7 Å². The third-order valence-electron chi connectivity index (χ3n) is 4.48. The predicted octanol–water partition coefficient (Wildman–Crippen LogP) is 1.45. The molecule has 1 amide bonds. The number of rotatable bonds is 6. The molecular weight excluding hydrogens is 270 g/mol. The molecule has 4 nitrogen and oxygen atoms in total. The first-order valence-corrected chi connectivity index (χ1v) is 9.24. The van der Waals surface area contributed by atoms with E-state index in [2.05, 4.69) is 10.2 Å². The van der Waals surface area contributed by atoms with Gasteiger partial charge in [0.15, 0.2) is 0 Å². The Morgan fingerprint density at radius 1 is 1.25 bits per heavy atom. The van der Waals surface area contributed by atoms with Crippen LogP contribution in [0.3, 0.4) is 0 Å². The SMILES string of the molecule is NC(CC1CCCCC1)C(=O)NCCN1CCSCC1. The molecule has 0 aromatic rings. The highest BCUT2D eigenvalue weighted by molar-refractivity contribution is 7.99. The van der Waals surface area contributed by atoms with Gasteiger partial charge in [-0.1, -0.05) is 32.1 Å². The van der Waals surface area contributed by atoms with E-state index in [0.717, 1.165) is 32.6 Å². The van der Waals surface area contributed by atoms with Crippen LogP contribution in [0.4, 0.5) is 0 Å². The summed E-state index contributed by atoms with van der Waals surface area (Å²) in [6.45, 7) is 3.99. The molecule has 1 saturated carbocycles. The van der Waals surface area contributed by atoms with Crippen molar-refractivity contribution in [3.8, 4) is 0 Å². The van der Waals surface area contributed by atoms with Crippen LogP contribution in [0.1, 0.15) is 38.5 Å². The van der Waals surface area contributed by atoms with Crippen LogP contribution in [0.2, 0.25) is 0 Å². The molecule has 1 saturated heterocycles. The summed E-state index contributed by atoms with van der Waals surface area (Å²) in [5, 5.41) is 3.01. The van der Waals surface area contributed by atoms with Crippen molar-refractivity contribution >= 4 is 17.7 Å². The number of carbonyl (C=O) groups is 1. The molecule has 1 aliphatic heterocycles. The Labute approximate surface area is 127 Å². The van der Waals surface area contributed by atoms with Gasteiger partial charge in [-0.3, -0.25) is 9.69 Å². The standard InChI is InChI=1S/C15H29N3OS/c16-14(12-13-4-2-1-3-5-13)15(19)17-6-7-18-8-10-20-11-9-18/h13-14H,1-12,16H2,(H,17,19). The van der Waals surface area contributed by atoms with Crippen LogP contribution >= 0.6 is 11.8 Å². The molecule has 0 aromatic carbocycles. The molecule has 20 heavy (non-hydrogen) atoms. The lowest BCUT2D eigenvalue weighted by atomic mass is 9.85. The van der Waals surface area contributed by atoms with E-state index in [4.69, 9.17) is 5.73 Å². The molecule has 1 aliphatic carbocycles. The first-order valence-electron chi connectivity index (χ1n) is 8.09. The molecular formula is C15H29N3OS. The third kappa shape index (κ3) is 5.62. The van der Waals surface area contributed by atoms with Gasteiger partial charge in [0, 0.05) is 37.7 Å². The van der Waals surface area contributed by atoms with E-state index >= 15 is 0 Å². The summed E-state index contributed by atoms with van der Waals surface area (Å²) in [7, 11) is 0. The number of amides is 1. The van der Waals surface area contributed by atoms with Crippen LogP contribution in [0, 0.1) is 5.92 Å². The third-order valence-corrected chi connectivity index (χ3v) is 5.42. The van der Waals surface area contributed by atoms with Crippen LogP contribution in [-0.4, -0.2) is 54.5 Å². The van der Waals surface area contributed by atoms with E-state index in [1.807, 2.05) is 11.8 Å². The van der Waals surface area contributed by atoms with Crippen LogP contribution < -0.4 is 11.1 Å². The zero-order valence-electron chi connectivity index (χ0n) is 12.5. The van der Waals surface area contributed by atoms with Crippen molar-refractivity contribution in [3.05, 3.63) is 0 Å². The van der Waals surface area contributed by atoms with E-state index in [-0.39, 0.29) is 11.9 Å². The Kier molecular flexibility index (Phi) is 7.17. The molecule has 1 heterocycles. The number of nitrogens with zero attached hydrogens (tertiary/aromatic N) is 1. The summed E-state index contributed by atoms with van der Waals surface area (Å²) in [6, 6.07) is -0.310. The van der Waals surface area contributed by atoms with E-state index < -0.39 is 0 Å². The zero-order valence-corrected chi connectivity index (χ0v) is 13.3. The molecule has 0 spiro atoms. The fraction of sp³-hybridized carbons (Fsp3) is 0.933. The average molecular weight is 299 g/mol. The van der Waals surface area contributed by atoms with Gasteiger partial charge >= 0.3 is 0 Å². The molecule has 0 bridgehead atoms. The molecule has 2 rings (SSSR count). The van der Waals surface area contributed by atoms with Crippen LogP contribution in [0.15, 0.2) is 0 Å². The number of hydrogen-bond acceptors (Lipinski definition) is 4. The summed E-state index contributed by atoms with van der Waals surface area (Å²) in [5.41, 5.74) is 6.04. The van der Waals surface area contributed by atoms with Gasteiger partial charge < -0.3 is 11.1 Å². The maximum absolute atomic E-state index is 12.0. The lowest BCUT2D eigenvalue weighted by Gasteiger charge is -2.27. The van der Waals surface area contributed by atoms with Gasteiger partial charge in [0.05, 0.1) is 6.04 Å². The highest BCUT2D eigenvalue weighted by Crippen LogP contribution is 2.26. The monoisotopic (exact) mass is 299 g/mol. The largest absolute Gasteiger partial charge is 0.353 e. The second kappa shape index (κ2) is 8.90. The lowest BCUT2D eigenvalue weighted by molar-refractivity contribution is -0.122. The van der Waals surface area contributed by atoms with Gasteiger partial charge in [-0.25, -0.2) is 0 Å². The van der Waals surface area contributed by atoms with Crippen molar-refractivity contribution in [3.63, 3.8) is 0 Å². The smallest absolute Gasteiger partial charge is 0.236 e. The number of carbonyl (C=O) groups excluding carboxylic acids is 1. The Balaban J connectivity index is 1.58. The molecule has 2 aliphatic rings. The maximum Gasteiger partial charge on any atom is 0.236 e. The molecule has 0 aromatic heterocycles. The summed E-state index contributed by atoms with van der Waals surface area (Å²) >= 11 is 2.01. The molecule has 116 valence electrons. The van der Waals surface area contributed by atoms with Crippen molar-refractivity contribution in [1.29, 1.82) is 0 Å². The lowest BCUT2D eigenvalue weighted by Crippen LogP contribution is -2.45. The quantitative estimate of drug-likeness (QED) is 0.779. The highest BCUT2D eigenvalue weighted by Gasteiger charge is 2.21. The minimum Gasteiger partial charge on any atom is -0.353 e. The van der Waals surface area contributed by atoms with Crippen LogP contribution in [-0.2, 0) is 4.79 Å². The van der Waals surface area contributed by atoms with Gasteiger partial charge in [0.2, 0.25) is 5.91 Å². The van der Waals surface area contributed by atoms with Crippen LogP contribution in [0.25, 0.3) is 0 Å². The molecule has 1 atom stereocenters. The first kappa shape index (κ1) is 16.1. The Morgan fingerprint density at radius 3 is 2.65 bits per heavy atom. The number of nitrogens with two attached hydrogens (primary N) is 1. The zero-order chi connectivity index (χ0) is 14.2. The minimum atomic E-state index is -0.310. The van der Waals surface area contributed by atoms with Crippen molar-refractivity contribution in [1.82, 2.24) is 10.2 Å². The number of hydrogen-bond donors (Lipinski definition) is 2. The summed E-state index contributed by atoms with van der Waals surface area (Å²) in [6.07, 6.45) is 7.36. The fourth-order valence-electron chi connectivity index (χ4n) is 3.18. The Hall–Kier alpha value is -0.260. The van der Waals surface area contributed by atoms with E-state index in [9.17, 15) is 4.79 Å². The van der Waals surface area contributed by atoms with Crippen molar-refractivity contribution in [2.24, 2.45) is 11.7 Å².